The van der Waals surface area contributed by atoms with Gasteiger partial charge in [-0.15, -0.1) is 0 Å². The summed E-state index contributed by atoms with van der Waals surface area (Å²) in [6.45, 7) is 7.91. The summed E-state index contributed by atoms with van der Waals surface area (Å²) in [7, 11) is 0. The van der Waals surface area contributed by atoms with Crippen molar-refractivity contribution in [3.63, 3.8) is 0 Å². The minimum Gasteiger partial charge on any atom is -0.479 e. The Morgan fingerprint density at radius 3 is 2.44 bits per heavy atom. The number of nitrogens with one attached hydrogen (secondary N) is 1. The number of aryl methyl sites for hydroxylation is 1. The number of hydrogen-bond acceptors (Lipinski definition) is 4. The predicted octanol–water partition coefficient (Wildman–Crippen LogP) is 2.57. The number of carbonyl (C=O) groups is 2. The van der Waals surface area contributed by atoms with Crippen molar-refractivity contribution in [2.24, 2.45) is 5.41 Å². The zero-order valence-electron chi connectivity index (χ0n) is 16.0. The van der Waals surface area contributed by atoms with Crippen molar-refractivity contribution < 1.29 is 19.4 Å². The lowest BCUT2D eigenvalue weighted by atomic mass is 9.54. The number of carbonyl (C=O) groups excluding carboxylic acids is 1. The van der Waals surface area contributed by atoms with Gasteiger partial charge in [0.05, 0.1) is 17.5 Å². The van der Waals surface area contributed by atoms with Gasteiger partial charge >= 0.3 is 5.97 Å². The molecule has 3 rings (SSSR count). The van der Waals surface area contributed by atoms with Gasteiger partial charge < -0.3 is 15.2 Å². The molecule has 0 radical (unpaired) electrons. The van der Waals surface area contributed by atoms with E-state index >= 15 is 0 Å². The van der Waals surface area contributed by atoms with Crippen LogP contribution in [0.5, 0.6) is 0 Å². The summed E-state index contributed by atoms with van der Waals surface area (Å²) in [4.78, 5) is 24.7. The molecule has 1 saturated carbocycles. The number of amides is 1. The smallest absolute Gasteiger partial charge is 0.330 e. The highest BCUT2D eigenvalue weighted by Gasteiger charge is 2.66. The largest absolute Gasteiger partial charge is 0.479 e. The lowest BCUT2D eigenvalue weighted by Crippen LogP contribution is -2.76. The van der Waals surface area contributed by atoms with Gasteiger partial charge in [0.2, 0.25) is 0 Å². The van der Waals surface area contributed by atoms with Crippen molar-refractivity contribution in [3.05, 3.63) is 47.8 Å². The maximum absolute atomic E-state index is 12.7. The molecular formula is C20H25N3O4. The molecule has 1 heterocycles. The fourth-order valence-corrected chi connectivity index (χ4v) is 3.63. The monoisotopic (exact) mass is 371 g/mol. The fraction of sp³-hybridized carbons (Fsp3) is 0.450. The number of carboxylic acids is 1. The van der Waals surface area contributed by atoms with Crippen LogP contribution in [0.4, 0.5) is 0 Å². The van der Waals surface area contributed by atoms with Gasteiger partial charge in [-0.2, -0.15) is 5.10 Å². The van der Waals surface area contributed by atoms with Crippen molar-refractivity contribution >= 4 is 11.9 Å². The molecule has 2 aromatic rings. The Hall–Kier alpha value is -2.67. The Morgan fingerprint density at radius 2 is 1.96 bits per heavy atom. The summed E-state index contributed by atoms with van der Waals surface area (Å²) in [6, 6.07) is 8.80. The minimum absolute atomic E-state index is 0.204. The predicted molar refractivity (Wildman–Crippen MR) is 99.9 cm³/mol. The van der Waals surface area contributed by atoms with Crippen molar-refractivity contribution in [2.75, 3.05) is 6.61 Å². The lowest BCUT2D eigenvalue weighted by molar-refractivity contribution is -0.190. The summed E-state index contributed by atoms with van der Waals surface area (Å²) < 4.78 is 7.35. The highest BCUT2D eigenvalue weighted by molar-refractivity contribution is 5.98. The first kappa shape index (κ1) is 19.1. The highest BCUT2D eigenvalue weighted by atomic mass is 16.5. The van der Waals surface area contributed by atoms with Gasteiger partial charge in [0.25, 0.3) is 5.91 Å². The first-order chi connectivity index (χ1) is 12.7. The first-order valence-electron chi connectivity index (χ1n) is 9.01. The molecule has 1 aliphatic rings. The lowest BCUT2D eigenvalue weighted by Gasteiger charge is -2.58. The van der Waals surface area contributed by atoms with E-state index in [-0.39, 0.29) is 12.5 Å². The number of aliphatic carboxylic acids is 1. The molecule has 0 aliphatic heterocycles. The van der Waals surface area contributed by atoms with Crippen LogP contribution in [0.2, 0.25) is 0 Å². The molecule has 1 aliphatic carbocycles. The molecule has 1 amide bonds. The third-order valence-electron chi connectivity index (χ3n) is 5.57. The molecular weight excluding hydrogens is 346 g/mol. The summed E-state index contributed by atoms with van der Waals surface area (Å²) in [5.41, 5.74) is 0.0711. The number of hydrogen-bond donors (Lipinski definition) is 2. The van der Waals surface area contributed by atoms with Crippen LogP contribution >= 0.6 is 0 Å². The average Bonchev–Trinajstić information content (AvgIpc) is 3.06. The normalized spacial score (nSPS) is 23.5. The van der Waals surface area contributed by atoms with Gasteiger partial charge in [0, 0.05) is 30.2 Å². The van der Waals surface area contributed by atoms with Crippen LogP contribution in [-0.2, 0) is 9.53 Å². The third-order valence-corrected chi connectivity index (χ3v) is 5.57. The molecule has 0 spiro atoms. The van der Waals surface area contributed by atoms with Crippen LogP contribution in [-0.4, -0.2) is 45.0 Å². The number of benzene rings is 1. The van der Waals surface area contributed by atoms with Crippen LogP contribution in [0.15, 0.2) is 36.5 Å². The fourth-order valence-electron chi connectivity index (χ4n) is 3.63. The van der Waals surface area contributed by atoms with Gasteiger partial charge in [0.15, 0.2) is 0 Å². The van der Waals surface area contributed by atoms with Crippen molar-refractivity contribution in [3.8, 4) is 5.69 Å². The van der Waals surface area contributed by atoms with E-state index in [0.717, 1.165) is 11.4 Å². The first-order valence-corrected chi connectivity index (χ1v) is 9.01. The summed E-state index contributed by atoms with van der Waals surface area (Å²) in [5.74, 6) is -1.45. The van der Waals surface area contributed by atoms with E-state index in [9.17, 15) is 14.7 Å². The van der Waals surface area contributed by atoms with Crippen LogP contribution < -0.4 is 5.32 Å². The van der Waals surface area contributed by atoms with Crippen molar-refractivity contribution in [1.82, 2.24) is 15.1 Å². The van der Waals surface area contributed by atoms with Crippen molar-refractivity contribution in [1.29, 1.82) is 0 Å². The zero-order chi connectivity index (χ0) is 19.8. The van der Waals surface area contributed by atoms with E-state index in [1.165, 1.54) is 0 Å². The van der Waals surface area contributed by atoms with Gasteiger partial charge in [-0.3, -0.25) is 4.79 Å². The van der Waals surface area contributed by atoms with E-state index in [2.05, 4.69) is 10.4 Å². The van der Waals surface area contributed by atoms with E-state index in [0.29, 0.717) is 12.2 Å². The Balaban J connectivity index is 1.78. The second kappa shape index (κ2) is 6.81. The molecule has 1 aromatic heterocycles. The second-order valence-electron chi connectivity index (χ2n) is 7.48. The summed E-state index contributed by atoms with van der Waals surface area (Å²) in [6.07, 6.45) is 1.89. The number of ether oxygens (including phenoxy) is 1. The summed E-state index contributed by atoms with van der Waals surface area (Å²) in [5, 5.41) is 16.9. The van der Waals surface area contributed by atoms with E-state index in [1.807, 2.05) is 40.0 Å². The Kier molecular flexibility index (Phi) is 4.82. The molecule has 27 heavy (non-hydrogen) atoms. The molecule has 1 fully saturated rings. The maximum atomic E-state index is 12.7. The number of rotatable bonds is 6. The van der Waals surface area contributed by atoms with Crippen molar-refractivity contribution in [2.45, 2.75) is 45.8 Å². The van der Waals surface area contributed by atoms with Crippen LogP contribution in [0.25, 0.3) is 5.69 Å². The molecule has 2 unspecified atom stereocenters. The van der Waals surface area contributed by atoms with Crippen LogP contribution in [0, 0.1) is 12.3 Å². The number of carboxylic acid groups (broad SMARTS) is 1. The van der Waals surface area contributed by atoms with Gasteiger partial charge in [-0.05, 0) is 44.2 Å². The quantitative estimate of drug-likeness (QED) is 0.814. The van der Waals surface area contributed by atoms with Crippen LogP contribution in [0.3, 0.4) is 0 Å². The van der Waals surface area contributed by atoms with Crippen LogP contribution in [0.1, 0.15) is 43.2 Å². The molecule has 2 N–H and O–H groups in total. The average molecular weight is 371 g/mol. The Labute approximate surface area is 158 Å². The number of aromatic nitrogens is 2. The molecule has 144 valence electrons. The highest BCUT2D eigenvalue weighted by Crippen LogP contribution is 2.51. The molecule has 0 saturated heterocycles. The molecule has 7 heteroatoms. The van der Waals surface area contributed by atoms with E-state index in [4.69, 9.17) is 4.74 Å². The van der Waals surface area contributed by atoms with E-state index < -0.39 is 22.8 Å². The Morgan fingerprint density at radius 1 is 1.30 bits per heavy atom. The third kappa shape index (κ3) is 3.12. The second-order valence-corrected chi connectivity index (χ2v) is 7.48. The number of nitrogens with zero attached hydrogens (tertiary/aromatic N) is 2. The molecule has 1 aromatic carbocycles. The SMILES string of the molecule is CCOC1CC(NC(=O)c2ccc(-n3ccc(C)n3)cc2)(C(=O)O)C1(C)C. The van der Waals surface area contributed by atoms with E-state index in [1.54, 1.807) is 28.9 Å². The zero-order valence-corrected chi connectivity index (χ0v) is 16.0. The van der Waals surface area contributed by atoms with Gasteiger partial charge in [-0.25, -0.2) is 9.48 Å². The maximum Gasteiger partial charge on any atom is 0.330 e. The summed E-state index contributed by atoms with van der Waals surface area (Å²) >= 11 is 0. The molecule has 0 bridgehead atoms. The molecule has 7 nitrogen and oxygen atoms in total. The van der Waals surface area contributed by atoms with Gasteiger partial charge in [0.1, 0.15) is 5.54 Å². The topological polar surface area (TPSA) is 93.5 Å². The minimum atomic E-state index is -1.35. The van der Waals surface area contributed by atoms with Gasteiger partial charge in [-0.1, -0.05) is 13.8 Å². The Bertz CT molecular complexity index is 856. The molecule has 2 atom stereocenters. The standard InChI is InChI=1S/C20H25N3O4/c1-5-27-16-12-20(18(25)26,19(16,3)4)21-17(24)14-6-8-15(9-7-14)23-11-10-13(2)22-23/h6-11,16H,5,12H2,1-4H3,(H,21,24)(H,25,26).